The maximum atomic E-state index is 12.2. The van der Waals surface area contributed by atoms with Gasteiger partial charge in [0.25, 0.3) is 5.91 Å². The minimum Gasteiger partial charge on any atom is -0.497 e. The summed E-state index contributed by atoms with van der Waals surface area (Å²) in [6.07, 6.45) is 0. The number of hydrogen-bond donors (Lipinski definition) is 2. The largest absolute Gasteiger partial charge is 0.497 e. The summed E-state index contributed by atoms with van der Waals surface area (Å²) in [4.78, 5) is 23.5. The monoisotopic (exact) mass is 319 g/mol. The zero-order valence-corrected chi connectivity index (χ0v) is 12.6. The second kappa shape index (κ2) is 6.95. The molecule has 6 heteroatoms. The molecule has 0 aromatic heterocycles. The van der Waals surface area contributed by atoms with E-state index in [1.54, 1.807) is 30.3 Å². The van der Waals surface area contributed by atoms with E-state index in [0.717, 1.165) is 5.56 Å². The molecular weight excluding hydrogens is 306 g/mol. The summed E-state index contributed by atoms with van der Waals surface area (Å²) in [5.74, 6) is -0.854. The number of hydrogen-bond acceptors (Lipinski definition) is 3. The molecule has 0 aliphatic heterocycles. The van der Waals surface area contributed by atoms with E-state index < -0.39 is 11.9 Å². The highest BCUT2D eigenvalue weighted by molar-refractivity contribution is 6.17. The van der Waals surface area contributed by atoms with Crippen molar-refractivity contribution in [3.8, 4) is 5.75 Å². The van der Waals surface area contributed by atoms with Crippen LogP contribution >= 0.6 is 11.6 Å². The number of carbonyl (C=O) groups excluding carboxylic acids is 1. The maximum Gasteiger partial charge on any atom is 0.337 e. The topological polar surface area (TPSA) is 75.6 Å². The van der Waals surface area contributed by atoms with Crippen molar-refractivity contribution in [1.82, 2.24) is 0 Å². The third-order valence-corrected chi connectivity index (χ3v) is 3.36. The molecule has 114 valence electrons. The van der Waals surface area contributed by atoms with Crippen LogP contribution in [0.3, 0.4) is 0 Å². The minimum atomic E-state index is -1.15. The highest BCUT2D eigenvalue weighted by Gasteiger charge is 2.15. The van der Waals surface area contributed by atoms with E-state index >= 15 is 0 Å². The van der Waals surface area contributed by atoms with Gasteiger partial charge in [-0.1, -0.05) is 12.1 Å². The summed E-state index contributed by atoms with van der Waals surface area (Å²) >= 11 is 5.74. The normalized spacial score (nSPS) is 10.1. The average Bonchev–Trinajstić information content (AvgIpc) is 2.55. The Bertz CT molecular complexity index is 715. The van der Waals surface area contributed by atoms with E-state index in [1.807, 2.05) is 0 Å². The molecule has 2 aromatic carbocycles. The molecule has 0 unspecified atom stereocenters. The molecule has 22 heavy (non-hydrogen) atoms. The number of carboxylic acid groups (broad SMARTS) is 1. The number of amides is 1. The first kappa shape index (κ1) is 15.9. The molecule has 0 aliphatic carbocycles. The van der Waals surface area contributed by atoms with Crippen LogP contribution in [-0.2, 0) is 5.88 Å². The standard InChI is InChI=1S/C16H14ClNO4/c1-22-12-5-6-14(13(8-12)16(20)21)18-15(19)11-4-2-3-10(7-11)9-17/h2-8H,9H2,1H3,(H,18,19)(H,20,21). The molecule has 2 aromatic rings. The lowest BCUT2D eigenvalue weighted by Crippen LogP contribution is -2.15. The molecule has 2 rings (SSSR count). The third-order valence-electron chi connectivity index (χ3n) is 3.05. The van der Waals surface area contributed by atoms with Gasteiger partial charge in [-0.3, -0.25) is 4.79 Å². The average molecular weight is 320 g/mol. The van der Waals surface area contributed by atoms with Crippen LogP contribution in [0.2, 0.25) is 0 Å². The number of carbonyl (C=O) groups is 2. The Balaban J connectivity index is 2.29. The van der Waals surface area contributed by atoms with E-state index in [9.17, 15) is 14.7 Å². The third kappa shape index (κ3) is 3.56. The zero-order valence-electron chi connectivity index (χ0n) is 11.8. The van der Waals surface area contributed by atoms with Gasteiger partial charge >= 0.3 is 5.97 Å². The molecule has 5 nitrogen and oxygen atoms in total. The van der Waals surface area contributed by atoms with Crippen LogP contribution in [0.25, 0.3) is 0 Å². The number of alkyl halides is 1. The van der Waals surface area contributed by atoms with Crippen molar-refractivity contribution in [3.05, 3.63) is 59.2 Å². The van der Waals surface area contributed by atoms with Crippen LogP contribution < -0.4 is 10.1 Å². The number of benzene rings is 2. The Hall–Kier alpha value is -2.53. The summed E-state index contributed by atoms with van der Waals surface area (Å²) in [7, 11) is 1.44. The van der Waals surface area contributed by atoms with Crippen LogP contribution in [0.4, 0.5) is 5.69 Å². The van der Waals surface area contributed by atoms with Gasteiger partial charge in [0.1, 0.15) is 5.75 Å². The first-order valence-electron chi connectivity index (χ1n) is 6.42. The van der Waals surface area contributed by atoms with Crippen molar-refractivity contribution in [2.75, 3.05) is 12.4 Å². The van der Waals surface area contributed by atoms with Gasteiger partial charge in [-0.05, 0) is 35.9 Å². The van der Waals surface area contributed by atoms with E-state index in [-0.39, 0.29) is 11.3 Å². The fraction of sp³-hybridized carbons (Fsp3) is 0.125. The van der Waals surface area contributed by atoms with Crippen LogP contribution in [0.5, 0.6) is 5.75 Å². The first-order valence-corrected chi connectivity index (χ1v) is 6.96. The Morgan fingerprint density at radius 1 is 1.23 bits per heavy atom. The highest BCUT2D eigenvalue weighted by Crippen LogP contribution is 2.23. The Morgan fingerprint density at radius 2 is 2.00 bits per heavy atom. The summed E-state index contributed by atoms with van der Waals surface area (Å²) < 4.78 is 4.99. The predicted octanol–water partition coefficient (Wildman–Crippen LogP) is 3.38. The van der Waals surface area contributed by atoms with Gasteiger partial charge < -0.3 is 15.2 Å². The van der Waals surface area contributed by atoms with Crippen molar-refractivity contribution in [2.24, 2.45) is 0 Å². The SMILES string of the molecule is COc1ccc(NC(=O)c2cccc(CCl)c2)c(C(=O)O)c1. The van der Waals surface area contributed by atoms with Crippen molar-refractivity contribution < 1.29 is 19.4 Å². The lowest BCUT2D eigenvalue weighted by atomic mass is 10.1. The smallest absolute Gasteiger partial charge is 0.337 e. The summed E-state index contributed by atoms with van der Waals surface area (Å²) in [5.41, 5.74) is 1.38. The second-order valence-electron chi connectivity index (χ2n) is 4.50. The van der Waals surface area contributed by atoms with Gasteiger partial charge in [0.05, 0.1) is 18.4 Å². The minimum absolute atomic E-state index is 0.0406. The number of nitrogens with one attached hydrogen (secondary N) is 1. The maximum absolute atomic E-state index is 12.2. The number of halogens is 1. The molecule has 0 aliphatic rings. The van der Waals surface area contributed by atoms with Crippen LogP contribution in [-0.4, -0.2) is 24.1 Å². The number of methoxy groups -OCH3 is 1. The lowest BCUT2D eigenvalue weighted by molar-refractivity contribution is 0.0697. The molecule has 0 saturated heterocycles. The Kier molecular flexibility index (Phi) is 5.01. The quantitative estimate of drug-likeness (QED) is 0.828. The van der Waals surface area contributed by atoms with Gasteiger partial charge in [0.15, 0.2) is 0 Å². The molecule has 0 heterocycles. The van der Waals surface area contributed by atoms with E-state index in [1.165, 1.54) is 19.2 Å². The fourth-order valence-corrected chi connectivity index (χ4v) is 2.09. The molecule has 2 N–H and O–H groups in total. The van der Waals surface area contributed by atoms with Gasteiger partial charge in [-0.2, -0.15) is 0 Å². The van der Waals surface area contributed by atoms with Crippen LogP contribution in [0, 0.1) is 0 Å². The highest BCUT2D eigenvalue weighted by atomic mass is 35.5. The number of rotatable bonds is 5. The lowest BCUT2D eigenvalue weighted by Gasteiger charge is -2.10. The van der Waals surface area contributed by atoms with Crippen molar-refractivity contribution in [2.45, 2.75) is 5.88 Å². The number of aromatic carboxylic acids is 1. The van der Waals surface area contributed by atoms with E-state index in [2.05, 4.69) is 5.32 Å². The van der Waals surface area contributed by atoms with Gasteiger partial charge in [-0.15, -0.1) is 11.6 Å². The van der Waals surface area contributed by atoms with E-state index in [4.69, 9.17) is 16.3 Å². The van der Waals surface area contributed by atoms with Crippen molar-refractivity contribution in [3.63, 3.8) is 0 Å². The van der Waals surface area contributed by atoms with Gasteiger partial charge in [0, 0.05) is 11.4 Å². The predicted molar refractivity (Wildman–Crippen MR) is 83.9 cm³/mol. The summed E-state index contributed by atoms with van der Waals surface area (Å²) in [6, 6.07) is 11.2. The van der Waals surface area contributed by atoms with Crippen molar-refractivity contribution in [1.29, 1.82) is 0 Å². The van der Waals surface area contributed by atoms with E-state index in [0.29, 0.717) is 17.2 Å². The van der Waals surface area contributed by atoms with Crippen LogP contribution in [0.15, 0.2) is 42.5 Å². The molecule has 0 bridgehead atoms. The molecule has 1 amide bonds. The Morgan fingerprint density at radius 3 is 2.64 bits per heavy atom. The fourth-order valence-electron chi connectivity index (χ4n) is 1.93. The summed E-state index contributed by atoms with van der Waals surface area (Å²) in [6.45, 7) is 0. The Labute approximate surface area is 132 Å². The molecule has 0 spiro atoms. The number of carboxylic acids is 1. The van der Waals surface area contributed by atoms with Gasteiger partial charge in [0.2, 0.25) is 0 Å². The zero-order chi connectivity index (χ0) is 16.1. The molecule has 0 fully saturated rings. The van der Waals surface area contributed by atoms with Crippen molar-refractivity contribution >= 4 is 29.2 Å². The molecule has 0 saturated carbocycles. The van der Waals surface area contributed by atoms with Crippen LogP contribution in [0.1, 0.15) is 26.3 Å². The molecule has 0 atom stereocenters. The first-order chi connectivity index (χ1) is 10.5. The van der Waals surface area contributed by atoms with Gasteiger partial charge in [-0.25, -0.2) is 4.79 Å². The number of anilines is 1. The second-order valence-corrected chi connectivity index (χ2v) is 4.77. The summed E-state index contributed by atoms with van der Waals surface area (Å²) in [5, 5.41) is 11.8. The molecule has 0 radical (unpaired) electrons. The molecular formula is C16H14ClNO4. The number of ether oxygens (including phenoxy) is 1.